The normalized spacial score (nSPS) is 19.2. The van der Waals surface area contributed by atoms with Gasteiger partial charge in [0.05, 0.1) is 56.4 Å². The van der Waals surface area contributed by atoms with Crippen molar-refractivity contribution in [1.82, 2.24) is 69.1 Å². The Morgan fingerprint density at radius 3 is 1.12 bits per heavy atom. The second kappa shape index (κ2) is 50.5. The summed E-state index contributed by atoms with van der Waals surface area (Å²) in [6.45, 7) is 44.6. The molecule has 0 spiro atoms. The number of benzene rings is 7. The highest BCUT2D eigenvalue weighted by Crippen LogP contribution is 2.41. The lowest BCUT2D eigenvalue weighted by molar-refractivity contribution is -0.131. The third kappa shape index (κ3) is 26.1. The molecule has 3 aromatic heterocycles. The van der Waals surface area contributed by atoms with Crippen molar-refractivity contribution in [1.29, 1.82) is 0 Å². The van der Waals surface area contributed by atoms with E-state index in [4.69, 9.17) is 80.2 Å². The molecule has 6 saturated heterocycles. The van der Waals surface area contributed by atoms with Crippen LogP contribution in [0.15, 0.2) is 183 Å². The predicted octanol–water partition coefficient (Wildman–Crippen LogP) is 14.2. The Bertz CT molecular complexity index is 6410. The largest absolute Gasteiger partial charge is 0.462 e. The fourth-order valence-corrected chi connectivity index (χ4v) is 21.2. The summed E-state index contributed by atoms with van der Waals surface area (Å²) in [5.41, 5.74) is 10.7. The highest BCUT2D eigenvalue weighted by Gasteiger charge is 2.41. The molecule has 6 atom stereocenters. The number of nitrogens with zero attached hydrogens (tertiary/aromatic N) is 23. The van der Waals surface area contributed by atoms with Crippen molar-refractivity contribution in [2.75, 3.05) is 222 Å². The van der Waals surface area contributed by atoms with Gasteiger partial charge in [0.1, 0.15) is 56.0 Å². The van der Waals surface area contributed by atoms with Gasteiger partial charge in [-0.15, -0.1) is 0 Å². The summed E-state index contributed by atoms with van der Waals surface area (Å²) >= 11 is 4.71. The lowest BCUT2D eigenvalue weighted by Gasteiger charge is -2.41. The van der Waals surface area contributed by atoms with Gasteiger partial charge in [0.25, 0.3) is 0 Å². The molecule has 10 aromatic rings. The first kappa shape index (κ1) is 106. The third-order valence-electron chi connectivity index (χ3n) is 29.0. The van der Waals surface area contributed by atoms with Gasteiger partial charge >= 0.3 is 24.1 Å². The SMILES string of the molecule is C.C=CC(=O)Cl.[2HH].[C-]#[N+]CC1CCCN(c2nc(OC[C@@H]3CCCN3CC(=O)N(C)C)nc3c2CCN(c2cccc4ccccc24)C3)C1.[C-]#[N+]CC1CN(c2nc(OCC3CCCN3CC(=O)N(C)C)nc3c2CCN(c2cccc4ccccc24)C3)CCN1C(=O)C=C.[C-]#[N+]CC1CN(c2nc(OC[C@@H]3CCCN3CC(=O)N(C)C)nc3c2CCN(c2cccc4ccccc24)C3)CCN1C(=O)OCc1ccccc1. The summed E-state index contributed by atoms with van der Waals surface area (Å²) in [4.78, 5) is 143. The number of allylic oxidation sites excluding steroid dienone is 1. The zero-order valence-electron chi connectivity index (χ0n) is 84.2. The molecule has 7 aromatic carbocycles. The van der Waals surface area contributed by atoms with Crippen molar-refractivity contribution >= 4 is 113 Å². The molecule has 6 fully saturated rings. The van der Waals surface area contributed by atoms with Crippen LogP contribution in [0.5, 0.6) is 18.0 Å². The number of aromatic nitrogens is 6. The molecule has 4 unspecified atom stereocenters. The monoisotopic (exact) mass is 2000 g/mol. The number of hydrogen-bond acceptors (Lipinski definition) is 25. The van der Waals surface area contributed by atoms with E-state index in [1.165, 1.54) is 61.0 Å². The second-order valence-electron chi connectivity index (χ2n) is 39.0. The molecular weight excluding hydrogens is 1860 g/mol. The Labute approximate surface area is 864 Å². The zero-order valence-corrected chi connectivity index (χ0v) is 84.9. The van der Waals surface area contributed by atoms with Gasteiger partial charge in [0.15, 0.2) is 0 Å². The molecular formula is C112H138ClN23O10. The van der Waals surface area contributed by atoms with Crippen LogP contribution in [-0.2, 0) is 74.2 Å². The van der Waals surface area contributed by atoms with E-state index in [0.29, 0.717) is 129 Å². The van der Waals surface area contributed by atoms with Crippen LogP contribution in [0.4, 0.5) is 39.3 Å². The van der Waals surface area contributed by atoms with E-state index in [2.05, 4.69) is 199 Å². The number of anilines is 6. The van der Waals surface area contributed by atoms with E-state index < -0.39 is 11.3 Å². The molecule has 0 aliphatic carbocycles. The van der Waals surface area contributed by atoms with Gasteiger partial charge in [-0.2, -0.15) is 29.9 Å². The van der Waals surface area contributed by atoms with Crippen molar-refractivity contribution in [3.8, 4) is 18.0 Å². The molecule has 0 bridgehead atoms. The predicted molar refractivity (Wildman–Crippen MR) is 575 cm³/mol. The first-order valence-electron chi connectivity index (χ1n) is 50.6. The Balaban J connectivity index is 0.000000170. The number of hydrogen-bond donors (Lipinski definition) is 0. The number of piperazine rings is 2. The van der Waals surface area contributed by atoms with E-state index >= 15 is 0 Å². The fourth-order valence-electron chi connectivity index (χ4n) is 21.2. The first-order valence-corrected chi connectivity index (χ1v) is 50.9. The van der Waals surface area contributed by atoms with Crippen molar-refractivity contribution in [3.05, 3.63) is 257 Å². The van der Waals surface area contributed by atoms with Crippen LogP contribution in [-0.4, -0.2) is 327 Å². The smallest absolute Gasteiger partial charge is 0.410 e. The average Bonchev–Trinajstić information content (AvgIpc) is 0.813. The van der Waals surface area contributed by atoms with E-state index in [1.54, 1.807) is 66.8 Å². The molecule has 146 heavy (non-hydrogen) atoms. The number of carbonyl (C=O) groups excluding carboxylic acids is 6. The quantitative estimate of drug-likeness (QED) is 0.0250. The highest BCUT2D eigenvalue weighted by atomic mass is 35.5. The molecule has 33 nitrogen and oxygen atoms in total. The Morgan fingerprint density at radius 1 is 0.404 bits per heavy atom. The zero-order chi connectivity index (χ0) is 102. The minimum absolute atomic E-state index is 0. The topological polar surface area (TPSA) is 275 Å². The number of amides is 5. The van der Waals surface area contributed by atoms with E-state index in [9.17, 15) is 28.8 Å². The van der Waals surface area contributed by atoms with Crippen LogP contribution in [0.3, 0.4) is 0 Å². The molecule has 9 aliphatic rings. The van der Waals surface area contributed by atoms with Crippen molar-refractivity contribution < 1.29 is 49.1 Å². The lowest BCUT2D eigenvalue weighted by atomic mass is 9.96. The Hall–Kier alpha value is -14.3. The van der Waals surface area contributed by atoms with Gasteiger partial charge in [-0.05, 0) is 154 Å². The van der Waals surface area contributed by atoms with Crippen molar-refractivity contribution in [2.45, 2.75) is 135 Å². The summed E-state index contributed by atoms with van der Waals surface area (Å²) < 4.78 is 24.8. The minimum atomic E-state index is -0.509. The Morgan fingerprint density at radius 2 is 0.753 bits per heavy atom. The van der Waals surface area contributed by atoms with E-state index in [1.807, 2.05) is 30.3 Å². The number of rotatable bonds is 28. The standard InChI is InChI=1S/C40H46N8O4.C35H42N8O3.C33H41N7O2.C3H3ClO.CH4.H2/c1-41-23-32-24-47(21-22-48(32)40(50)52-27-29-11-5-4-6-12-29)38-34-18-20-46(36-17-9-14-30-13-7-8-16-33(30)36)25-35(34)42-39(43-38)51-28-31-15-10-19-45(31)26-37(49)44(2)3;1-5-32(44)43-19-18-42(21-27(43)20-36-2)34-29-15-17-41(31-14-8-11-25-10-6-7-13-28(25)31)22-30(29)37-35(38-34)46-24-26-12-9-16-40(26)23-33(45)39(3)4;1-34-19-24-9-7-17-40(20-24)32-28-15-18-39(30-14-6-11-25-10-4-5-13-27(25)30)21-29(28)35-33(36-32)42-23-26-12-8-16-38(26)22-31(41)37(2)3;1-2-3(4)5;;/h4-9,11-14,16-17,31-32H,10,15,18-28H2,2-3H3;5-8,10-11,13-14,26-27H,1,9,12,15-24H2,3-4H3;4-6,10-11,13-14,24,26H,7-9,12,15-23H2,2-3H3;2H,1H2;1H4;1H/t31-,32?;;24?,26-;;;/m0.0.../s1/i;;;;;1+1. The molecule has 34 heteroatoms. The van der Waals surface area contributed by atoms with Gasteiger partial charge in [-0.25, -0.2) is 24.5 Å². The lowest BCUT2D eigenvalue weighted by Crippen LogP contribution is -2.57. The van der Waals surface area contributed by atoms with E-state index in [0.717, 1.165) is 180 Å². The molecule has 0 radical (unpaired) electrons. The molecule has 0 saturated carbocycles. The van der Waals surface area contributed by atoms with Gasteiger partial charge in [0, 0.05) is 190 Å². The summed E-state index contributed by atoms with van der Waals surface area (Å²) in [6, 6.07) is 55.1. The van der Waals surface area contributed by atoms with Crippen LogP contribution in [0.2, 0.25) is 0 Å². The van der Waals surface area contributed by atoms with E-state index in [-0.39, 0.29) is 82.4 Å². The number of halogens is 1. The van der Waals surface area contributed by atoms with Crippen LogP contribution in [0, 0.1) is 25.6 Å². The fraction of sp³-hybridized carbons (Fsp3) is 0.455. The number of carbonyl (C=O) groups is 6. The maximum atomic E-state index is 13.3. The van der Waals surface area contributed by atoms with Gasteiger partial charge in [-0.3, -0.25) is 43.6 Å². The molecule has 12 heterocycles. The summed E-state index contributed by atoms with van der Waals surface area (Å²) in [7, 11) is 10.7. The van der Waals surface area contributed by atoms with Crippen LogP contribution >= 0.6 is 11.6 Å². The molecule has 19 rings (SSSR count). The number of fused-ring (bicyclic) bond motifs is 6. The molecule has 9 aliphatic heterocycles. The van der Waals surface area contributed by atoms with Crippen LogP contribution < -0.4 is 43.6 Å². The minimum Gasteiger partial charge on any atom is -0.462 e. The molecule has 0 N–H and O–H groups in total. The van der Waals surface area contributed by atoms with Gasteiger partial charge in [-0.1, -0.05) is 160 Å². The average molecular weight is 2000 g/mol. The van der Waals surface area contributed by atoms with Crippen molar-refractivity contribution in [2.24, 2.45) is 5.92 Å². The van der Waals surface area contributed by atoms with Gasteiger partial charge in [0.2, 0.25) is 48.5 Å². The summed E-state index contributed by atoms with van der Waals surface area (Å²) in [5, 5.41) is 6.78. The Kier molecular flexibility index (Phi) is 36.6. The van der Waals surface area contributed by atoms with Crippen LogP contribution in [0.1, 0.15) is 99.6 Å². The number of likely N-dealkylation sites (tertiary alicyclic amines) is 3. The first-order chi connectivity index (χ1) is 70.5. The summed E-state index contributed by atoms with van der Waals surface area (Å²) in [5.74, 6) is 3.08. The van der Waals surface area contributed by atoms with Crippen LogP contribution in [0.25, 0.3) is 46.9 Å². The number of likely N-dealkylation sites (N-methyl/N-ethyl adjacent to an activating group) is 3. The van der Waals surface area contributed by atoms with Gasteiger partial charge < -0.3 is 82.5 Å². The maximum absolute atomic E-state index is 13.3. The summed E-state index contributed by atoms with van der Waals surface area (Å²) in [6.07, 6.45) is 12.4. The third-order valence-corrected chi connectivity index (χ3v) is 29.2. The number of piperidine rings is 1. The van der Waals surface area contributed by atoms with Crippen molar-refractivity contribution in [3.63, 3.8) is 0 Å². The second-order valence-corrected chi connectivity index (χ2v) is 39.4. The number of ether oxygens (including phenoxy) is 4. The molecule has 5 amide bonds. The molecule has 768 valence electrons. The maximum Gasteiger partial charge on any atom is 0.410 e. The highest BCUT2D eigenvalue weighted by molar-refractivity contribution is 6.66.